The fourth-order valence-electron chi connectivity index (χ4n) is 1.72. The van der Waals surface area contributed by atoms with Crippen LogP contribution in [0.1, 0.15) is 37.5 Å². The molecule has 0 saturated carbocycles. The highest BCUT2D eigenvalue weighted by atomic mass is 32.1. The van der Waals surface area contributed by atoms with Crippen molar-refractivity contribution in [1.82, 2.24) is 5.32 Å². The lowest BCUT2D eigenvalue weighted by Gasteiger charge is -2.16. The Morgan fingerprint density at radius 1 is 1.53 bits per heavy atom. The molecule has 1 rings (SSSR count). The van der Waals surface area contributed by atoms with Gasteiger partial charge in [-0.05, 0) is 23.8 Å². The molecule has 0 radical (unpaired) electrons. The molecule has 84 valence electrons. The third kappa shape index (κ3) is 4.04. The van der Waals surface area contributed by atoms with Crippen molar-refractivity contribution in [3.05, 3.63) is 22.4 Å². The van der Waals surface area contributed by atoms with E-state index in [1.807, 2.05) is 0 Å². The molecule has 0 spiro atoms. The monoisotopic (exact) mass is 225 g/mol. The minimum atomic E-state index is 0.133. The first-order valence-electron chi connectivity index (χ1n) is 5.37. The van der Waals surface area contributed by atoms with E-state index in [0.717, 1.165) is 6.42 Å². The molecular weight excluding hydrogens is 206 g/mol. The highest BCUT2D eigenvalue weighted by Gasteiger charge is 2.17. The normalized spacial score (nSPS) is 12.8. The maximum Gasteiger partial charge on any atom is 0.220 e. The Balaban J connectivity index is 2.65. The van der Waals surface area contributed by atoms with E-state index in [2.05, 4.69) is 36.7 Å². The lowest BCUT2D eigenvalue weighted by molar-refractivity contribution is -0.121. The Morgan fingerprint density at radius 2 is 2.27 bits per heavy atom. The molecule has 1 unspecified atom stereocenters. The third-order valence-electron chi connectivity index (χ3n) is 2.41. The molecule has 1 amide bonds. The average Bonchev–Trinajstić information content (AvgIpc) is 2.68. The van der Waals surface area contributed by atoms with Crippen LogP contribution in [0.4, 0.5) is 0 Å². The van der Waals surface area contributed by atoms with Crippen LogP contribution in [0.2, 0.25) is 0 Å². The summed E-state index contributed by atoms with van der Waals surface area (Å²) < 4.78 is 0. The number of hydrogen-bond donors (Lipinski definition) is 1. The average molecular weight is 225 g/mol. The first-order chi connectivity index (χ1) is 7.13. The Labute approximate surface area is 95.7 Å². The third-order valence-corrected chi connectivity index (χ3v) is 3.45. The number of nitrogens with one attached hydrogen (secondary N) is 1. The van der Waals surface area contributed by atoms with Crippen molar-refractivity contribution in [3.8, 4) is 0 Å². The quantitative estimate of drug-likeness (QED) is 0.820. The molecule has 0 fully saturated rings. The van der Waals surface area contributed by atoms with Crippen molar-refractivity contribution < 1.29 is 4.79 Å². The lowest BCUT2D eigenvalue weighted by atomic mass is 9.92. The van der Waals surface area contributed by atoms with Crippen LogP contribution < -0.4 is 5.32 Å². The molecule has 1 atom stereocenters. The summed E-state index contributed by atoms with van der Waals surface area (Å²) in [5, 5.41) is 4.77. The number of hydrogen-bond acceptors (Lipinski definition) is 2. The predicted molar refractivity (Wildman–Crippen MR) is 65.2 cm³/mol. The van der Waals surface area contributed by atoms with Gasteiger partial charge in [0.15, 0.2) is 0 Å². The highest BCUT2D eigenvalue weighted by molar-refractivity contribution is 7.10. The number of rotatable bonds is 5. The van der Waals surface area contributed by atoms with E-state index in [-0.39, 0.29) is 5.91 Å². The molecule has 0 aromatic carbocycles. The second kappa shape index (κ2) is 5.91. The van der Waals surface area contributed by atoms with Gasteiger partial charge in [-0.1, -0.05) is 19.9 Å². The molecule has 0 aliphatic heterocycles. The molecule has 3 heteroatoms. The SMILES string of the molecule is CNC(=O)CC(CC(C)C)c1cccs1. The molecule has 2 nitrogen and oxygen atoms in total. The summed E-state index contributed by atoms with van der Waals surface area (Å²) in [4.78, 5) is 12.7. The minimum Gasteiger partial charge on any atom is -0.359 e. The summed E-state index contributed by atoms with van der Waals surface area (Å²) in [6.45, 7) is 4.40. The van der Waals surface area contributed by atoms with Gasteiger partial charge in [0.05, 0.1) is 0 Å². The van der Waals surface area contributed by atoms with E-state index in [9.17, 15) is 4.79 Å². The summed E-state index contributed by atoms with van der Waals surface area (Å²) in [6, 6.07) is 4.18. The second-order valence-corrected chi connectivity index (χ2v) is 5.20. The number of amides is 1. The standard InChI is InChI=1S/C12H19NOS/c1-9(2)7-10(8-12(14)13-3)11-5-4-6-15-11/h4-6,9-10H,7-8H2,1-3H3,(H,13,14). The minimum absolute atomic E-state index is 0.133. The molecule has 0 aliphatic carbocycles. The summed E-state index contributed by atoms with van der Waals surface area (Å²) in [7, 11) is 1.70. The summed E-state index contributed by atoms with van der Waals surface area (Å²) in [6.07, 6.45) is 1.68. The van der Waals surface area contributed by atoms with Gasteiger partial charge in [-0.25, -0.2) is 0 Å². The van der Waals surface area contributed by atoms with Gasteiger partial charge in [-0.3, -0.25) is 4.79 Å². The van der Waals surface area contributed by atoms with Crippen LogP contribution in [0, 0.1) is 5.92 Å². The van der Waals surface area contributed by atoms with Gasteiger partial charge in [0.2, 0.25) is 5.91 Å². The molecule has 1 aromatic heterocycles. The van der Waals surface area contributed by atoms with Crippen LogP contribution in [0.15, 0.2) is 17.5 Å². The van der Waals surface area contributed by atoms with Gasteiger partial charge in [0.25, 0.3) is 0 Å². The van der Waals surface area contributed by atoms with Crippen molar-refractivity contribution in [1.29, 1.82) is 0 Å². The fraction of sp³-hybridized carbons (Fsp3) is 0.583. The predicted octanol–water partition coefficient (Wildman–Crippen LogP) is 3.01. The Hall–Kier alpha value is -0.830. The highest BCUT2D eigenvalue weighted by Crippen LogP contribution is 2.30. The van der Waals surface area contributed by atoms with Gasteiger partial charge >= 0.3 is 0 Å². The Bertz CT molecular complexity index is 293. The zero-order valence-corrected chi connectivity index (χ0v) is 10.4. The molecule has 15 heavy (non-hydrogen) atoms. The van der Waals surface area contributed by atoms with E-state index < -0.39 is 0 Å². The molecular formula is C12H19NOS. The molecule has 1 N–H and O–H groups in total. The molecule has 0 bridgehead atoms. The first kappa shape index (κ1) is 12.2. The van der Waals surface area contributed by atoms with E-state index in [1.165, 1.54) is 4.88 Å². The van der Waals surface area contributed by atoms with Crippen molar-refractivity contribution in [3.63, 3.8) is 0 Å². The van der Waals surface area contributed by atoms with Crippen molar-refractivity contribution >= 4 is 17.2 Å². The van der Waals surface area contributed by atoms with Gasteiger partial charge in [0, 0.05) is 24.3 Å². The molecule has 1 heterocycles. The molecule has 1 aromatic rings. The van der Waals surface area contributed by atoms with Crippen LogP contribution in [0.25, 0.3) is 0 Å². The second-order valence-electron chi connectivity index (χ2n) is 4.22. The maximum absolute atomic E-state index is 11.4. The lowest BCUT2D eigenvalue weighted by Crippen LogP contribution is -2.20. The van der Waals surface area contributed by atoms with Gasteiger partial charge in [0.1, 0.15) is 0 Å². The Kier molecular flexibility index (Phi) is 4.82. The summed E-state index contributed by atoms with van der Waals surface area (Å²) in [5.74, 6) is 1.14. The number of carbonyl (C=O) groups excluding carboxylic acids is 1. The maximum atomic E-state index is 11.4. The molecule has 0 aliphatic rings. The number of thiophene rings is 1. The van der Waals surface area contributed by atoms with E-state index in [4.69, 9.17) is 0 Å². The van der Waals surface area contributed by atoms with Gasteiger partial charge < -0.3 is 5.32 Å². The van der Waals surface area contributed by atoms with Crippen molar-refractivity contribution in [2.24, 2.45) is 5.92 Å². The van der Waals surface area contributed by atoms with Crippen LogP contribution in [0.3, 0.4) is 0 Å². The van der Waals surface area contributed by atoms with Gasteiger partial charge in [-0.2, -0.15) is 0 Å². The summed E-state index contributed by atoms with van der Waals surface area (Å²) >= 11 is 1.75. The largest absolute Gasteiger partial charge is 0.359 e. The summed E-state index contributed by atoms with van der Waals surface area (Å²) in [5.41, 5.74) is 0. The van der Waals surface area contributed by atoms with E-state index in [1.54, 1.807) is 18.4 Å². The van der Waals surface area contributed by atoms with Crippen molar-refractivity contribution in [2.75, 3.05) is 7.05 Å². The van der Waals surface area contributed by atoms with Crippen LogP contribution in [-0.2, 0) is 4.79 Å². The van der Waals surface area contributed by atoms with E-state index in [0.29, 0.717) is 18.3 Å². The number of carbonyl (C=O) groups is 1. The zero-order chi connectivity index (χ0) is 11.3. The van der Waals surface area contributed by atoms with Crippen LogP contribution in [0.5, 0.6) is 0 Å². The van der Waals surface area contributed by atoms with Crippen LogP contribution in [-0.4, -0.2) is 13.0 Å². The smallest absolute Gasteiger partial charge is 0.220 e. The molecule has 0 saturated heterocycles. The zero-order valence-electron chi connectivity index (χ0n) is 9.62. The van der Waals surface area contributed by atoms with Gasteiger partial charge in [-0.15, -0.1) is 11.3 Å². The Morgan fingerprint density at radius 3 is 2.73 bits per heavy atom. The van der Waals surface area contributed by atoms with Crippen LogP contribution >= 0.6 is 11.3 Å². The van der Waals surface area contributed by atoms with E-state index >= 15 is 0 Å². The topological polar surface area (TPSA) is 29.1 Å². The van der Waals surface area contributed by atoms with Crippen molar-refractivity contribution in [2.45, 2.75) is 32.6 Å². The first-order valence-corrected chi connectivity index (χ1v) is 6.25. The fourth-order valence-corrected chi connectivity index (χ4v) is 2.56.